The molecule has 2 heterocycles. The summed E-state index contributed by atoms with van der Waals surface area (Å²) in [6.07, 6.45) is -1.69. The van der Waals surface area contributed by atoms with Gasteiger partial charge in [0.15, 0.2) is 5.65 Å². The van der Waals surface area contributed by atoms with Crippen molar-refractivity contribution in [3.8, 4) is 0 Å². The van der Waals surface area contributed by atoms with Crippen molar-refractivity contribution in [1.29, 1.82) is 0 Å². The molecule has 0 atom stereocenters. The smallest absolute Gasteiger partial charge is 0.285 e. The van der Waals surface area contributed by atoms with Gasteiger partial charge in [0.25, 0.3) is 11.5 Å². The minimum Gasteiger partial charge on any atom is -0.285 e. The number of nitrogens with zero attached hydrogens (tertiary/aromatic N) is 4. The molecular formula is C13H13F3N4O5S. The molecule has 9 nitrogen and oxygen atoms in total. The Morgan fingerprint density at radius 3 is 2.50 bits per heavy atom. The number of fused-ring (bicyclic) bond motifs is 1. The number of halogens is 3. The molecule has 0 saturated heterocycles. The summed E-state index contributed by atoms with van der Waals surface area (Å²) in [5.74, 6) is -1.65. The summed E-state index contributed by atoms with van der Waals surface area (Å²) in [7, 11) is -4.39. The third-order valence-electron chi connectivity index (χ3n) is 4.06. The van der Waals surface area contributed by atoms with Crippen LogP contribution in [-0.2, 0) is 16.3 Å². The predicted octanol–water partition coefficient (Wildman–Crippen LogP) is 2.45. The van der Waals surface area contributed by atoms with Crippen molar-refractivity contribution in [3.63, 3.8) is 0 Å². The molecule has 0 spiro atoms. The van der Waals surface area contributed by atoms with Crippen LogP contribution in [0.3, 0.4) is 0 Å². The van der Waals surface area contributed by atoms with Gasteiger partial charge < -0.3 is 0 Å². The van der Waals surface area contributed by atoms with Crippen LogP contribution in [0, 0.1) is 10.1 Å². The number of pyridine rings is 1. The van der Waals surface area contributed by atoms with Crippen molar-refractivity contribution in [3.05, 3.63) is 28.2 Å². The number of hydrogen-bond donors (Lipinski definition) is 0. The van der Waals surface area contributed by atoms with Gasteiger partial charge in [0.2, 0.25) is 0 Å². The van der Waals surface area contributed by atoms with Crippen LogP contribution in [0.4, 0.5) is 18.9 Å². The van der Waals surface area contributed by atoms with Crippen LogP contribution in [0.2, 0.25) is 0 Å². The van der Waals surface area contributed by atoms with Gasteiger partial charge in [-0.2, -0.15) is 21.6 Å². The zero-order valence-electron chi connectivity index (χ0n) is 13.1. The maximum Gasteiger partial charge on any atom is 0.453 e. The lowest BCUT2D eigenvalue weighted by atomic mass is 10.0. The molecule has 0 radical (unpaired) electrons. The largest absolute Gasteiger partial charge is 0.453 e. The standard InChI is InChI=1S/C13H13F3N4O5S/c14-13(15,16)12-18-11-10(6-8(7-17-11)20(21)22)19(12)25-26(23,24)9-4-2-1-3-5-9/h6-7,9H,1-5H2. The highest BCUT2D eigenvalue weighted by atomic mass is 32.2. The molecule has 0 N–H and O–H groups in total. The van der Waals surface area contributed by atoms with E-state index in [9.17, 15) is 31.7 Å². The Bertz CT molecular complexity index is 951. The monoisotopic (exact) mass is 394 g/mol. The third kappa shape index (κ3) is 3.43. The number of hydrogen-bond acceptors (Lipinski definition) is 7. The Balaban J connectivity index is 2.12. The average molecular weight is 394 g/mol. The van der Waals surface area contributed by atoms with Crippen molar-refractivity contribution in [2.75, 3.05) is 0 Å². The quantitative estimate of drug-likeness (QED) is 0.577. The molecule has 1 aliphatic rings. The molecule has 0 unspecified atom stereocenters. The maximum absolute atomic E-state index is 13.2. The van der Waals surface area contributed by atoms with Crippen molar-refractivity contribution >= 4 is 27.0 Å². The summed E-state index contributed by atoms with van der Waals surface area (Å²) in [5.41, 5.74) is -1.68. The average Bonchev–Trinajstić information content (AvgIpc) is 2.93. The Morgan fingerprint density at radius 1 is 1.27 bits per heavy atom. The van der Waals surface area contributed by atoms with Crippen molar-refractivity contribution in [2.45, 2.75) is 43.5 Å². The van der Waals surface area contributed by atoms with E-state index in [-0.39, 0.29) is 17.6 Å². The van der Waals surface area contributed by atoms with Gasteiger partial charge >= 0.3 is 16.3 Å². The fraction of sp³-hybridized carbons (Fsp3) is 0.538. The normalized spacial score (nSPS) is 16.7. The van der Waals surface area contributed by atoms with E-state index in [4.69, 9.17) is 4.28 Å². The Hall–Kier alpha value is -2.44. The van der Waals surface area contributed by atoms with E-state index in [1.165, 1.54) is 0 Å². The van der Waals surface area contributed by atoms with E-state index in [1.54, 1.807) is 0 Å². The minimum absolute atomic E-state index is 0.0285. The highest BCUT2D eigenvalue weighted by molar-refractivity contribution is 7.87. The number of imidazole rings is 1. The first-order valence-corrected chi connectivity index (χ1v) is 9.10. The molecule has 0 bridgehead atoms. The van der Waals surface area contributed by atoms with Gasteiger partial charge in [-0.25, -0.2) is 9.97 Å². The zero-order chi connectivity index (χ0) is 19.1. The first-order valence-electron chi connectivity index (χ1n) is 7.63. The zero-order valence-corrected chi connectivity index (χ0v) is 14.0. The summed E-state index contributed by atoms with van der Waals surface area (Å²) in [6, 6.07) is 0.737. The van der Waals surface area contributed by atoms with Gasteiger partial charge in [-0.1, -0.05) is 19.3 Å². The molecule has 3 rings (SSSR count). The molecule has 1 fully saturated rings. The van der Waals surface area contributed by atoms with Gasteiger partial charge in [0.1, 0.15) is 11.7 Å². The molecular weight excluding hydrogens is 381 g/mol. The molecule has 26 heavy (non-hydrogen) atoms. The molecule has 1 saturated carbocycles. The molecule has 0 aliphatic heterocycles. The predicted molar refractivity (Wildman–Crippen MR) is 81.6 cm³/mol. The highest BCUT2D eigenvalue weighted by Crippen LogP contribution is 2.32. The van der Waals surface area contributed by atoms with E-state index < -0.39 is 49.1 Å². The van der Waals surface area contributed by atoms with Crippen LogP contribution in [0.25, 0.3) is 11.2 Å². The molecule has 2 aromatic heterocycles. The molecule has 2 aromatic rings. The van der Waals surface area contributed by atoms with Crippen molar-refractivity contribution in [2.24, 2.45) is 0 Å². The highest BCUT2D eigenvalue weighted by Gasteiger charge is 2.41. The fourth-order valence-electron chi connectivity index (χ4n) is 2.80. The second-order valence-corrected chi connectivity index (χ2v) is 7.65. The summed E-state index contributed by atoms with van der Waals surface area (Å²) in [5, 5.41) is 9.90. The Labute approximate surface area is 145 Å². The second kappa shape index (κ2) is 6.37. The lowest BCUT2D eigenvalue weighted by Gasteiger charge is -2.22. The van der Waals surface area contributed by atoms with E-state index in [2.05, 4.69) is 9.97 Å². The first kappa shape index (κ1) is 18.4. The SMILES string of the molecule is O=[N+]([O-])c1cnc2nc(C(F)(F)F)n(OS(=O)(=O)C3CCCCC3)c2c1. The molecule has 142 valence electrons. The molecule has 13 heteroatoms. The summed E-state index contributed by atoms with van der Waals surface area (Å²) in [4.78, 5) is 16.7. The Kier molecular flexibility index (Phi) is 4.50. The molecule has 0 amide bonds. The molecule has 0 aromatic carbocycles. The summed E-state index contributed by atoms with van der Waals surface area (Å²) >= 11 is 0. The van der Waals surface area contributed by atoms with Gasteiger partial charge in [0.05, 0.1) is 10.2 Å². The first-order chi connectivity index (χ1) is 12.1. The van der Waals surface area contributed by atoms with Gasteiger partial charge in [-0.05, 0) is 12.8 Å². The Morgan fingerprint density at radius 2 is 1.92 bits per heavy atom. The van der Waals surface area contributed by atoms with E-state index in [0.717, 1.165) is 18.7 Å². The number of aromatic nitrogens is 3. The van der Waals surface area contributed by atoms with Gasteiger partial charge in [-0.15, -0.1) is 4.73 Å². The van der Waals surface area contributed by atoms with Gasteiger partial charge in [0, 0.05) is 6.07 Å². The second-order valence-electron chi connectivity index (χ2n) is 5.85. The van der Waals surface area contributed by atoms with E-state index in [0.29, 0.717) is 12.8 Å². The molecule has 1 aliphatic carbocycles. The van der Waals surface area contributed by atoms with Crippen LogP contribution in [0.15, 0.2) is 12.3 Å². The van der Waals surface area contributed by atoms with Crippen LogP contribution in [0.5, 0.6) is 0 Å². The van der Waals surface area contributed by atoms with E-state index in [1.807, 2.05) is 0 Å². The summed E-state index contributed by atoms with van der Waals surface area (Å²) in [6.45, 7) is 0. The lowest BCUT2D eigenvalue weighted by Crippen LogP contribution is -2.34. The van der Waals surface area contributed by atoms with E-state index >= 15 is 0 Å². The van der Waals surface area contributed by atoms with Crippen LogP contribution < -0.4 is 4.28 Å². The number of nitro groups is 1. The van der Waals surface area contributed by atoms with Crippen LogP contribution >= 0.6 is 0 Å². The summed E-state index contributed by atoms with van der Waals surface area (Å²) < 4.78 is 69.2. The van der Waals surface area contributed by atoms with Gasteiger partial charge in [-0.3, -0.25) is 14.4 Å². The fourth-order valence-corrected chi connectivity index (χ4v) is 4.19. The van der Waals surface area contributed by atoms with Crippen molar-refractivity contribution in [1.82, 2.24) is 14.7 Å². The third-order valence-corrected chi connectivity index (χ3v) is 5.70. The minimum atomic E-state index is -5.04. The maximum atomic E-state index is 13.2. The van der Waals surface area contributed by atoms with Crippen LogP contribution in [-0.4, -0.2) is 33.3 Å². The number of rotatable bonds is 4. The van der Waals surface area contributed by atoms with Crippen LogP contribution in [0.1, 0.15) is 37.9 Å². The van der Waals surface area contributed by atoms with Crippen molar-refractivity contribution < 1.29 is 30.8 Å². The topological polar surface area (TPSA) is 117 Å². The lowest BCUT2D eigenvalue weighted by molar-refractivity contribution is -0.385. The number of alkyl halides is 3.